The van der Waals surface area contributed by atoms with Gasteiger partial charge in [-0.2, -0.15) is 5.26 Å². The molecule has 0 amide bonds. The van der Waals surface area contributed by atoms with Gasteiger partial charge in [0.05, 0.1) is 16.6 Å². The second-order valence-electron chi connectivity index (χ2n) is 6.32. The van der Waals surface area contributed by atoms with Crippen molar-refractivity contribution in [3.8, 4) is 6.07 Å². The highest BCUT2D eigenvalue weighted by atomic mass is 79.9. The number of rotatable bonds is 4. The monoisotopic (exact) mass is 416 g/mol. The molecule has 5 heteroatoms. The molecule has 0 radical (unpaired) electrons. The van der Waals surface area contributed by atoms with Crippen LogP contribution >= 0.6 is 15.9 Å². The van der Waals surface area contributed by atoms with Gasteiger partial charge in [0.2, 0.25) is 0 Å². The average Bonchev–Trinajstić information content (AvgIpc) is 3.05. The molecule has 4 rings (SSSR count). The number of nitriles is 1. The third kappa shape index (κ3) is 2.88. The van der Waals surface area contributed by atoms with Crippen LogP contribution in [0.2, 0.25) is 0 Å². The number of benzene rings is 2. The third-order valence-corrected chi connectivity index (χ3v) is 5.22. The van der Waals surface area contributed by atoms with Crippen molar-refractivity contribution in [2.45, 2.75) is 13.3 Å². The van der Waals surface area contributed by atoms with E-state index in [0.717, 1.165) is 38.1 Å². The summed E-state index contributed by atoms with van der Waals surface area (Å²) in [6.07, 6.45) is 2.52. The van der Waals surface area contributed by atoms with Crippen LogP contribution in [0, 0.1) is 18.3 Å². The largest absolute Gasteiger partial charge is 0.341 e. The lowest BCUT2D eigenvalue weighted by molar-refractivity contribution is 1.11. The molecule has 0 atom stereocenters. The van der Waals surface area contributed by atoms with Crippen LogP contribution in [0.3, 0.4) is 0 Å². The SMILES string of the molecule is C=CCc1c(C)c(C#N)c2nc3ccccc3n2c1Nc1ccc(Br)cc1. The maximum atomic E-state index is 9.79. The molecule has 0 fully saturated rings. The van der Waals surface area contributed by atoms with Gasteiger partial charge in [-0.15, -0.1) is 6.58 Å². The van der Waals surface area contributed by atoms with Gasteiger partial charge >= 0.3 is 0 Å². The Morgan fingerprint density at radius 1 is 1.22 bits per heavy atom. The van der Waals surface area contributed by atoms with Crippen molar-refractivity contribution in [1.29, 1.82) is 5.26 Å². The first kappa shape index (κ1) is 17.3. The highest BCUT2D eigenvalue weighted by Crippen LogP contribution is 2.33. The number of anilines is 2. The van der Waals surface area contributed by atoms with Crippen LogP contribution in [0.1, 0.15) is 16.7 Å². The number of imidazole rings is 1. The summed E-state index contributed by atoms with van der Waals surface area (Å²) < 4.78 is 3.07. The number of fused-ring (bicyclic) bond motifs is 3. The molecule has 0 bridgehead atoms. The van der Waals surface area contributed by atoms with Crippen molar-refractivity contribution in [1.82, 2.24) is 9.38 Å². The average molecular weight is 417 g/mol. The van der Waals surface area contributed by atoms with E-state index in [-0.39, 0.29) is 0 Å². The number of aromatic nitrogens is 2. The lowest BCUT2D eigenvalue weighted by Crippen LogP contribution is -2.07. The van der Waals surface area contributed by atoms with Crippen molar-refractivity contribution < 1.29 is 0 Å². The first-order chi connectivity index (χ1) is 13.1. The van der Waals surface area contributed by atoms with Crippen molar-refractivity contribution in [2.75, 3.05) is 5.32 Å². The zero-order chi connectivity index (χ0) is 19.0. The Kier molecular flexibility index (Phi) is 4.43. The van der Waals surface area contributed by atoms with Crippen LogP contribution in [0.4, 0.5) is 11.5 Å². The van der Waals surface area contributed by atoms with E-state index < -0.39 is 0 Å². The van der Waals surface area contributed by atoms with Gasteiger partial charge in [-0.05, 0) is 55.3 Å². The van der Waals surface area contributed by atoms with Gasteiger partial charge in [-0.3, -0.25) is 4.40 Å². The Hall–Kier alpha value is -3.10. The molecule has 2 heterocycles. The topological polar surface area (TPSA) is 53.1 Å². The van der Waals surface area contributed by atoms with Crippen molar-refractivity contribution in [3.05, 3.63) is 82.3 Å². The van der Waals surface area contributed by atoms with Crippen LogP contribution in [-0.4, -0.2) is 9.38 Å². The first-order valence-corrected chi connectivity index (χ1v) is 9.39. The maximum Gasteiger partial charge on any atom is 0.157 e. The summed E-state index contributed by atoms with van der Waals surface area (Å²) in [5.41, 5.74) is 6.04. The number of para-hydroxylation sites is 2. The van der Waals surface area contributed by atoms with E-state index in [4.69, 9.17) is 4.98 Å². The Morgan fingerprint density at radius 2 is 1.96 bits per heavy atom. The highest BCUT2D eigenvalue weighted by molar-refractivity contribution is 9.10. The molecule has 0 aliphatic rings. The zero-order valence-corrected chi connectivity index (χ0v) is 16.4. The van der Waals surface area contributed by atoms with Gasteiger partial charge in [-0.1, -0.05) is 34.1 Å². The minimum Gasteiger partial charge on any atom is -0.341 e. The molecular weight excluding hydrogens is 400 g/mol. The molecular formula is C22H17BrN4. The smallest absolute Gasteiger partial charge is 0.157 e. The van der Waals surface area contributed by atoms with Crippen molar-refractivity contribution in [2.24, 2.45) is 0 Å². The molecule has 1 N–H and O–H groups in total. The standard InChI is InChI=1S/C22H17BrN4/c1-3-6-17-14(2)18(13-24)22-26-19-7-4-5-8-20(19)27(22)21(17)25-16-11-9-15(23)10-12-16/h3-5,7-12,25H,1,6H2,2H3. The van der Waals surface area contributed by atoms with Crippen molar-refractivity contribution >= 4 is 44.1 Å². The lowest BCUT2D eigenvalue weighted by atomic mass is 10.0. The van der Waals surface area contributed by atoms with E-state index in [9.17, 15) is 5.26 Å². The minimum absolute atomic E-state index is 0.601. The summed E-state index contributed by atoms with van der Waals surface area (Å²) in [5.74, 6) is 0.914. The van der Waals surface area contributed by atoms with Crippen LogP contribution in [-0.2, 0) is 6.42 Å². The number of nitrogens with zero attached hydrogens (tertiary/aromatic N) is 3. The first-order valence-electron chi connectivity index (χ1n) is 8.60. The molecule has 4 nitrogen and oxygen atoms in total. The van der Waals surface area contributed by atoms with Crippen LogP contribution in [0.5, 0.6) is 0 Å². The minimum atomic E-state index is 0.601. The molecule has 2 aromatic heterocycles. The van der Waals surface area contributed by atoms with Gasteiger partial charge in [0.15, 0.2) is 5.65 Å². The molecule has 27 heavy (non-hydrogen) atoms. The predicted molar refractivity (Wildman–Crippen MR) is 113 cm³/mol. The second kappa shape index (κ2) is 6.90. The quantitative estimate of drug-likeness (QED) is 0.421. The Labute approximate surface area is 165 Å². The summed E-state index contributed by atoms with van der Waals surface area (Å²) in [4.78, 5) is 4.73. The fourth-order valence-electron chi connectivity index (χ4n) is 3.38. The molecule has 0 aliphatic carbocycles. The lowest BCUT2D eigenvalue weighted by Gasteiger charge is -2.18. The fraction of sp³-hybridized carbons (Fsp3) is 0.0909. The van der Waals surface area contributed by atoms with Crippen molar-refractivity contribution in [3.63, 3.8) is 0 Å². The van der Waals surface area contributed by atoms with Gasteiger partial charge in [-0.25, -0.2) is 4.98 Å². The normalized spacial score (nSPS) is 10.9. The van der Waals surface area contributed by atoms with Gasteiger partial charge in [0.25, 0.3) is 0 Å². The van der Waals surface area contributed by atoms with E-state index in [0.29, 0.717) is 17.6 Å². The van der Waals surface area contributed by atoms with Crippen LogP contribution < -0.4 is 5.32 Å². The predicted octanol–water partition coefficient (Wildman–Crippen LogP) is 5.90. The summed E-state index contributed by atoms with van der Waals surface area (Å²) >= 11 is 3.47. The maximum absolute atomic E-state index is 9.79. The molecule has 4 aromatic rings. The number of hydrogen-bond acceptors (Lipinski definition) is 3. The molecule has 0 aliphatic heterocycles. The van der Waals surface area contributed by atoms with E-state index in [1.807, 2.05) is 65.9 Å². The number of allylic oxidation sites excluding steroid dienone is 1. The number of hydrogen-bond donors (Lipinski definition) is 1. The molecule has 2 aromatic carbocycles. The summed E-state index contributed by atoms with van der Waals surface area (Å²) in [6.45, 7) is 5.88. The molecule has 132 valence electrons. The summed E-state index contributed by atoms with van der Waals surface area (Å²) in [7, 11) is 0. The summed E-state index contributed by atoms with van der Waals surface area (Å²) in [5, 5.41) is 13.3. The second-order valence-corrected chi connectivity index (χ2v) is 7.24. The van der Waals surface area contributed by atoms with Gasteiger partial charge in [0, 0.05) is 15.7 Å². The third-order valence-electron chi connectivity index (χ3n) is 4.69. The highest BCUT2D eigenvalue weighted by Gasteiger charge is 2.20. The van der Waals surface area contributed by atoms with Gasteiger partial charge < -0.3 is 5.32 Å². The fourth-order valence-corrected chi connectivity index (χ4v) is 3.64. The van der Waals surface area contributed by atoms with Gasteiger partial charge in [0.1, 0.15) is 11.9 Å². The molecule has 0 saturated heterocycles. The van der Waals surface area contributed by atoms with E-state index in [1.165, 1.54) is 0 Å². The Bertz CT molecular complexity index is 1210. The number of nitrogens with one attached hydrogen (secondary N) is 1. The van der Waals surface area contributed by atoms with E-state index in [2.05, 4.69) is 33.9 Å². The van der Waals surface area contributed by atoms with Crippen LogP contribution in [0.15, 0.2) is 65.7 Å². The Balaban J connectivity index is 2.10. The Morgan fingerprint density at radius 3 is 2.67 bits per heavy atom. The van der Waals surface area contributed by atoms with E-state index in [1.54, 1.807) is 0 Å². The zero-order valence-electron chi connectivity index (χ0n) is 14.8. The van der Waals surface area contributed by atoms with E-state index >= 15 is 0 Å². The molecule has 0 spiro atoms. The number of halogens is 1. The number of pyridine rings is 1. The summed E-state index contributed by atoms with van der Waals surface area (Å²) in [6, 6.07) is 18.3. The van der Waals surface area contributed by atoms with Crippen LogP contribution in [0.25, 0.3) is 16.7 Å². The molecule has 0 saturated carbocycles. The molecule has 0 unspecified atom stereocenters.